The summed E-state index contributed by atoms with van der Waals surface area (Å²) in [5.74, 6) is 1.09. The molecule has 6 heteroatoms. The van der Waals surface area contributed by atoms with Gasteiger partial charge in [-0.05, 0) is 30.3 Å². The Hall–Kier alpha value is -2.53. The Bertz CT molecular complexity index is 870. The second kappa shape index (κ2) is 6.30. The van der Waals surface area contributed by atoms with Crippen LogP contribution >= 0.6 is 11.6 Å². The van der Waals surface area contributed by atoms with E-state index in [1.165, 1.54) is 12.1 Å². The molecule has 0 spiro atoms. The van der Waals surface area contributed by atoms with Gasteiger partial charge in [-0.3, -0.25) is 4.98 Å². The third-order valence-corrected chi connectivity index (χ3v) is 3.56. The van der Waals surface area contributed by atoms with Crippen molar-refractivity contribution >= 4 is 22.5 Å². The van der Waals surface area contributed by atoms with Crippen molar-refractivity contribution in [2.75, 3.05) is 14.2 Å². The van der Waals surface area contributed by atoms with E-state index < -0.39 is 5.82 Å². The molecular weight excluding hydrogens is 321 g/mol. The number of halogens is 2. The predicted octanol–water partition coefficient (Wildman–Crippen LogP) is 4.84. The highest BCUT2D eigenvalue weighted by molar-refractivity contribution is 6.30. The average molecular weight is 334 g/mol. The summed E-state index contributed by atoms with van der Waals surface area (Å²) in [7, 11) is 3.09. The summed E-state index contributed by atoms with van der Waals surface area (Å²) in [6.07, 6.45) is 1.58. The quantitative estimate of drug-likeness (QED) is 0.685. The van der Waals surface area contributed by atoms with Gasteiger partial charge in [0.2, 0.25) is 0 Å². The minimum absolute atomic E-state index is 0.0803. The van der Waals surface area contributed by atoms with Gasteiger partial charge in [-0.25, -0.2) is 4.39 Å². The van der Waals surface area contributed by atoms with Crippen LogP contribution in [0.5, 0.6) is 23.0 Å². The van der Waals surface area contributed by atoms with Crippen molar-refractivity contribution in [3.8, 4) is 23.0 Å². The van der Waals surface area contributed by atoms with Crippen molar-refractivity contribution in [2.24, 2.45) is 0 Å². The highest BCUT2D eigenvalue weighted by Gasteiger charge is 2.13. The third kappa shape index (κ3) is 3.00. The molecule has 0 fully saturated rings. The molecule has 118 valence electrons. The van der Waals surface area contributed by atoms with Crippen LogP contribution < -0.4 is 14.2 Å². The van der Waals surface area contributed by atoms with Crippen LogP contribution in [0.3, 0.4) is 0 Å². The van der Waals surface area contributed by atoms with Crippen LogP contribution in [0.1, 0.15) is 0 Å². The SMILES string of the molecule is COc1cc2nccc(Oc3ccc(Cl)cc3F)c2cc1OC. The zero-order chi connectivity index (χ0) is 16.4. The number of aromatic nitrogens is 1. The summed E-state index contributed by atoms with van der Waals surface area (Å²) < 4.78 is 30.2. The van der Waals surface area contributed by atoms with Crippen LogP contribution in [-0.4, -0.2) is 19.2 Å². The van der Waals surface area contributed by atoms with Gasteiger partial charge in [0.1, 0.15) is 5.75 Å². The van der Waals surface area contributed by atoms with E-state index in [0.29, 0.717) is 33.2 Å². The molecule has 0 bridgehead atoms. The zero-order valence-electron chi connectivity index (χ0n) is 12.5. The molecule has 0 amide bonds. The number of pyridine rings is 1. The monoisotopic (exact) mass is 333 g/mol. The van der Waals surface area contributed by atoms with Crippen molar-refractivity contribution < 1.29 is 18.6 Å². The van der Waals surface area contributed by atoms with Crippen LogP contribution in [0.15, 0.2) is 42.6 Å². The van der Waals surface area contributed by atoms with E-state index in [1.807, 2.05) is 0 Å². The summed E-state index contributed by atoms with van der Waals surface area (Å²) in [5.41, 5.74) is 0.648. The van der Waals surface area contributed by atoms with E-state index in [1.54, 1.807) is 44.7 Å². The molecule has 0 aliphatic heterocycles. The molecule has 4 nitrogen and oxygen atoms in total. The van der Waals surface area contributed by atoms with Gasteiger partial charge in [0.15, 0.2) is 23.1 Å². The van der Waals surface area contributed by atoms with Crippen molar-refractivity contribution in [3.05, 3.63) is 53.4 Å². The zero-order valence-corrected chi connectivity index (χ0v) is 13.2. The van der Waals surface area contributed by atoms with Crippen LogP contribution in [0.2, 0.25) is 5.02 Å². The molecule has 0 aliphatic rings. The molecule has 0 saturated carbocycles. The molecule has 23 heavy (non-hydrogen) atoms. The Balaban J connectivity index is 2.10. The third-order valence-electron chi connectivity index (χ3n) is 3.32. The molecule has 3 aromatic rings. The lowest BCUT2D eigenvalue weighted by molar-refractivity contribution is 0.355. The number of fused-ring (bicyclic) bond motifs is 1. The van der Waals surface area contributed by atoms with Gasteiger partial charge in [-0.1, -0.05) is 11.6 Å². The normalized spacial score (nSPS) is 10.6. The second-order valence-electron chi connectivity index (χ2n) is 4.71. The lowest BCUT2D eigenvalue weighted by Gasteiger charge is -2.12. The fraction of sp³-hybridized carbons (Fsp3) is 0.118. The molecule has 0 saturated heterocycles. The average Bonchev–Trinajstić information content (AvgIpc) is 2.56. The fourth-order valence-electron chi connectivity index (χ4n) is 2.21. The van der Waals surface area contributed by atoms with E-state index in [4.69, 9.17) is 25.8 Å². The van der Waals surface area contributed by atoms with Crippen molar-refractivity contribution in [1.82, 2.24) is 4.98 Å². The first kappa shape index (κ1) is 15.4. The van der Waals surface area contributed by atoms with Crippen LogP contribution in [0.4, 0.5) is 4.39 Å². The van der Waals surface area contributed by atoms with E-state index >= 15 is 0 Å². The van der Waals surface area contributed by atoms with E-state index in [0.717, 1.165) is 0 Å². The Labute approximate surface area is 137 Å². The molecule has 0 radical (unpaired) electrons. The van der Waals surface area contributed by atoms with Crippen LogP contribution in [0, 0.1) is 5.82 Å². The van der Waals surface area contributed by atoms with Crippen LogP contribution in [-0.2, 0) is 0 Å². The Morgan fingerprint density at radius 1 is 0.913 bits per heavy atom. The summed E-state index contributed by atoms with van der Waals surface area (Å²) in [6.45, 7) is 0. The standard InChI is InChI=1S/C17H13ClFNO3/c1-21-16-8-11-13(9-17(16)22-2)20-6-5-14(11)23-15-4-3-10(18)7-12(15)19/h3-9H,1-2H3. The summed E-state index contributed by atoms with van der Waals surface area (Å²) in [5, 5.41) is 0.986. The second-order valence-corrected chi connectivity index (χ2v) is 5.15. The Morgan fingerprint density at radius 2 is 1.65 bits per heavy atom. The van der Waals surface area contributed by atoms with E-state index in [2.05, 4.69) is 4.98 Å². The predicted molar refractivity (Wildman–Crippen MR) is 86.3 cm³/mol. The minimum Gasteiger partial charge on any atom is -0.493 e. The molecule has 0 unspecified atom stereocenters. The highest BCUT2D eigenvalue weighted by atomic mass is 35.5. The highest BCUT2D eigenvalue weighted by Crippen LogP contribution is 2.37. The first-order chi connectivity index (χ1) is 11.1. The van der Waals surface area contributed by atoms with Gasteiger partial charge in [0.25, 0.3) is 0 Å². The number of benzene rings is 2. The number of ether oxygens (including phenoxy) is 3. The topological polar surface area (TPSA) is 40.6 Å². The van der Waals surface area contributed by atoms with Crippen molar-refractivity contribution in [1.29, 1.82) is 0 Å². The van der Waals surface area contributed by atoms with Gasteiger partial charge >= 0.3 is 0 Å². The molecule has 0 N–H and O–H groups in total. The van der Waals surface area contributed by atoms with Gasteiger partial charge in [0, 0.05) is 22.7 Å². The maximum absolute atomic E-state index is 13.9. The van der Waals surface area contributed by atoms with Crippen LogP contribution in [0.25, 0.3) is 10.9 Å². The molecule has 0 atom stereocenters. The van der Waals surface area contributed by atoms with E-state index in [9.17, 15) is 4.39 Å². The van der Waals surface area contributed by atoms with Gasteiger partial charge in [-0.2, -0.15) is 0 Å². The minimum atomic E-state index is -0.539. The smallest absolute Gasteiger partial charge is 0.167 e. The molecule has 1 heterocycles. The number of hydrogen-bond donors (Lipinski definition) is 0. The number of nitrogens with zero attached hydrogens (tertiary/aromatic N) is 1. The lowest BCUT2D eigenvalue weighted by Crippen LogP contribution is -1.94. The molecule has 0 aliphatic carbocycles. The summed E-state index contributed by atoms with van der Waals surface area (Å²) in [4.78, 5) is 4.27. The van der Waals surface area contributed by atoms with E-state index in [-0.39, 0.29) is 5.75 Å². The van der Waals surface area contributed by atoms with Gasteiger partial charge in [0.05, 0.1) is 19.7 Å². The van der Waals surface area contributed by atoms with Crippen molar-refractivity contribution in [3.63, 3.8) is 0 Å². The molecule has 3 rings (SSSR count). The first-order valence-corrected chi connectivity index (χ1v) is 7.14. The lowest BCUT2D eigenvalue weighted by atomic mass is 10.2. The van der Waals surface area contributed by atoms with Gasteiger partial charge < -0.3 is 14.2 Å². The Kier molecular flexibility index (Phi) is 4.21. The van der Waals surface area contributed by atoms with Crippen molar-refractivity contribution in [2.45, 2.75) is 0 Å². The first-order valence-electron chi connectivity index (χ1n) is 6.76. The summed E-state index contributed by atoms with van der Waals surface area (Å²) >= 11 is 5.75. The molecule has 2 aromatic carbocycles. The fourth-order valence-corrected chi connectivity index (χ4v) is 2.37. The maximum Gasteiger partial charge on any atom is 0.167 e. The largest absolute Gasteiger partial charge is 0.493 e. The number of rotatable bonds is 4. The molecule has 1 aromatic heterocycles. The maximum atomic E-state index is 13.9. The molecular formula is C17H13ClFNO3. The summed E-state index contributed by atoms with van der Waals surface area (Å²) in [6, 6.07) is 9.37. The number of methoxy groups -OCH3 is 2. The number of hydrogen-bond acceptors (Lipinski definition) is 4. The van der Waals surface area contributed by atoms with Gasteiger partial charge in [-0.15, -0.1) is 0 Å². The Morgan fingerprint density at radius 3 is 2.35 bits per heavy atom.